The van der Waals surface area contributed by atoms with Gasteiger partial charge >= 0.3 is 24.2 Å². The fourth-order valence-electron chi connectivity index (χ4n) is 18.7. The van der Waals surface area contributed by atoms with Crippen molar-refractivity contribution in [2.45, 2.75) is 123 Å². The van der Waals surface area contributed by atoms with E-state index in [0.29, 0.717) is 65.7 Å². The number of aryl methyl sites for hydroxylation is 3. The van der Waals surface area contributed by atoms with Crippen LogP contribution in [0.3, 0.4) is 0 Å². The standard InChI is InChI=1S/C19H17ClN4O2S.C15H18N2O3.C11H9BrO3.C10H10BrNO2.C10H8BrNO.C10H11BrO2.C10H9BrO2.C10H10N2O.C9H7BrO.C3H6O3.ClH.H3NO/c1-9-10(2)27-19-16(9)17(12-4-6-13(20)7-5-12)21-14(8-15(25)26)18-23-22-11(3)24(18)19;1-15(2,3)20-14(18)16-11-4-5-12-9(7-11)6-10-8-19-17-13(10)12;1-15-11(14)9-5-6-4-7(12)2-3-8(6)10(9)13;11-8-1-2-9-6(4-8)3-7(5-13)10(9)12-14;11-8-1-2-9-6(4-8)3-7-5-13-12-10(7)9;2*11-8-1-2-9-6(4-8)3-7(5-12)10(9)13;11-8-1-2-9-6(4-8)3-7-5-13-12-10(7)9;10-7-2-3-8-6(5-7)1-4-9(8)11;1-5-3(4)6-2;;1-2/h4-7,14H,8H2,1-3H3,(H,25,26);4-5,7,10H,6,8H2,1-3H3,(H,16,18);2-4,9H,5H2,1H3;1-2,4,7,13-14H,3,5H2;1-2,4,7H,3,5H2;1-2,4,7,10,12-13H,3,5H2;1-2,4,7,12H,3,5H2;1-2,4,7H,3,5,11H2;2-3,5H,1,4H2;1-2H3;1H;2H,1H2/b;;;12-10+;;;;;;;;/t14-;;;;;;;;;;;/m0.........../s1. The van der Waals surface area contributed by atoms with Gasteiger partial charge in [-0.25, -0.2) is 15.5 Å². The summed E-state index contributed by atoms with van der Waals surface area (Å²) in [5.41, 5.74) is 31.6. The predicted octanol–water partition coefficient (Wildman–Crippen LogP) is 20.7. The van der Waals surface area contributed by atoms with Crippen LogP contribution in [-0.2, 0) is 94.4 Å². The zero-order valence-electron chi connectivity index (χ0n) is 81.7. The Morgan fingerprint density at radius 3 is 1.53 bits per heavy atom. The number of nitrogens with zero attached hydrogens (tertiary/aromatic N) is 8. The highest BCUT2D eigenvalue weighted by atomic mass is 79.9. The lowest BCUT2D eigenvalue weighted by molar-refractivity contribution is -0.143. The van der Waals surface area contributed by atoms with E-state index in [0.717, 1.165) is 190 Å². The molecule has 0 spiro atoms. The molecule has 32 nitrogen and oxygen atoms in total. The van der Waals surface area contributed by atoms with Gasteiger partial charge in [-0.2, -0.15) is 0 Å². The van der Waals surface area contributed by atoms with Gasteiger partial charge in [-0.05, 0) is 264 Å². The van der Waals surface area contributed by atoms with Crippen LogP contribution in [0.4, 0.5) is 21.0 Å². The van der Waals surface area contributed by atoms with Crippen LogP contribution in [0.5, 0.6) is 0 Å². The van der Waals surface area contributed by atoms with Crippen LogP contribution in [0.1, 0.15) is 182 Å². The highest BCUT2D eigenvalue weighted by Crippen LogP contribution is 2.44. The molecule has 0 radical (unpaired) electrons. The number of fused-ring (bicyclic) bond motifs is 17. The first-order valence-electron chi connectivity index (χ1n) is 46.6. The van der Waals surface area contributed by atoms with Crippen LogP contribution in [0.25, 0.3) is 5.00 Å². The van der Waals surface area contributed by atoms with Crippen molar-refractivity contribution in [3.05, 3.63) is 324 Å². The molecule has 23 rings (SSSR count). The Kier molecular flexibility index (Phi) is 41.0. The van der Waals surface area contributed by atoms with Crippen molar-refractivity contribution >= 4 is 212 Å². The number of hydrogen-bond acceptors (Lipinski definition) is 30. The number of hydrogen-bond donors (Lipinski definition) is 10. The minimum absolute atomic E-state index is 0. The lowest BCUT2D eigenvalue weighted by Gasteiger charge is -2.19. The number of Topliss-reactive ketones (excluding diaryl/α,β-unsaturated/α-hetero) is 3. The average Bonchev–Trinajstić information content (AvgIpc) is 1.58. The highest BCUT2D eigenvalue weighted by Gasteiger charge is 2.41. The van der Waals surface area contributed by atoms with Gasteiger partial charge in [-0.1, -0.05) is 182 Å². The fourth-order valence-corrected chi connectivity index (χ4v) is 22.4. The number of rotatable bonds is 8. The van der Waals surface area contributed by atoms with Gasteiger partial charge in [0, 0.05) is 147 Å². The maximum Gasteiger partial charge on any atom is 0.507 e. The zero-order chi connectivity index (χ0) is 106. The Balaban J connectivity index is 0.000000148. The van der Waals surface area contributed by atoms with Gasteiger partial charge in [-0.15, -0.1) is 33.9 Å². The smallest absolute Gasteiger partial charge is 0.481 e. The Morgan fingerprint density at radius 1 is 0.547 bits per heavy atom. The average molecular weight is 2470 g/mol. The number of esters is 1. The molecule has 4 aliphatic heterocycles. The first kappa shape index (κ1) is 116. The summed E-state index contributed by atoms with van der Waals surface area (Å²) in [6.07, 6.45) is 5.51. The van der Waals surface area contributed by atoms with Gasteiger partial charge < -0.3 is 75.1 Å². The van der Waals surface area contributed by atoms with Crippen LogP contribution in [-0.4, -0.2) is 187 Å². The van der Waals surface area contributed by atoms with Gasteiger partial charge in [0.1, 0.15) is 48.2 Å². The van der Waals surface area contributed by atoms with Gasteiger partial charge in [0.15, 0.2) is 23.2 Å². The molecule has 8 aliphatic carbocycles. The third kappa shape index (κ3) is 28.0. The van der Waals surface area contributed by atoms with Crippen molar-refractivity contribution in [2.75, 3.05) is 72.0 Å². The number of nitrogen functional groups attached to an aromatic ring is 1. The summed E-state index contributed by atoms with van der Waals surface area (Å²) < 4.78 is 26.0. The van der Waals surface area contributed by atoms with E-state index in [9.17, 15) is 43.8 Å². The molecular weight excluding hydrogens is 2360 g/mol. The lowest BCUT2D eigenvalue weighted by atomic mass is 9.99. The Bertz CT molecular complexity index is 6870. The number of nitrogens with two attached hydrogens (primary N) is 2. The zero-order valence-corrected chi connectivity index (χ0v) is 93.6. The summed E-state index contributed by atoms with van der Waals surface area (Å²) in [5.74, 6) is 4.00. The molecule has 12 aliphatic rings. The Morgan fingerprint density at radius 2 is 1.01 bits per heavy atom. The number of carboxylic acid groups (broad SMARTS) is 1. The molecule has 8 unspecified atom stereocenters. The van der Waals surface area contributed by atoms with Crippen molar-refractivity contribution < 1.29 is 103 Å². The van der Waals surface area contributed by atoms with E-state index in [2.05, 4.69) is 184 Å². The van der Waals surface area contributed by atoms with E-state index >= 15 is 0 Å². The SMILES string of the molecule is Brc1ccc2c(c1)CC1CON=C21.CC(C)(C)OC(=O)Nc1ccc2c(c1)CC1CON=C21.COC(=O)C1Cc2cc(Br)ccc2C1=O.COC(=O)OC.Cc1sc2c(c1C)C(c1ccc(Cl)cc1)=N[C@@H](CC(=O)O)c1nnc(C)n1-2.Cl.NO.Nc1ccc2c(c1)CC1CON=C21.O=C1CCc2cc(Br)ccc21.O=C1c2ccc(Br)cc2CC1CO.OCC1Cc2cc(Br)ccc2/C1=N/O.OCC1Cc2cc(Br)ccc2C1O. The molecule has 0 bridgehead atoms. The number of aliphatic imine (C=N–C) groups is 1. The van der Waals surface area contributed by atoms with E-state index in [1.165, 1.54) is 59.6 Å². The summed E-state index contributed by atoms with van der Waals surface area (Å²) >= 11 is 28.0. The quantitative estimate of drug-likeness (QED) is 0.0169. The Labute approximate surface area is 919 Å². The number of aliphatic hydroxyl groups is 4. The summed E-state index contributed by atoms with van der Waals surface area (Å²) in [6.45, 7) is 13.7. The number of carbonyl (C=O) groups excluding carboxylic acids is 6. The minimum atomic E-state index is -0.926. The number of aliphatic hydroxyl groups excluding tert-OH is 4. The minimum Gasteiger partial charge on any atom is -0.481 e. The van der Waals surface area contributed by atoms with E-state index in [-0.39, 0.29) is 73.8 Å². The fraction of sp³-hybridized carbons (Fsp3) is 0.327. The Hall–Kier alpha value is -11.1. The third-order valence-corrected chi connectivity index (χ3v) is 30.2. The molecule has 148 heavy (non-hydrogen) atoms. The lowest BCUT2D eigenvalue weighted by Crippen LogP contribution is -2.27. The second-order valence-corrected chi connectivity index (χ2v) is 43.8. The van der Waals surface area contributed by atoms with Gasteiger partial charge in [-0.3, -0.25) is 38.8 Å². The number of ether oxygens (including phenoxy) is 4. The molecule has 780 valence electrons. The number of carbonyl (C=O) groups is 7. The van der Waals surface area contributed by atoms with Crippen LogP contribution in [0, 0.1) is 62.2 Å². The normalized spacial score (nSPS) is 19.2. The second-order valence-electron chi connectivity index (χ2n) is 36.6. The predicted molar refractivity (Wildman–Crippen MR) is 586 cm³/mol. The van der Waals surface area contributed by atoms with Crippen molar-refractivity contribution in [2.24, 2.45) is 72.9 Å². The number of benzene rings is 9. The molecule has 0 fully saturated rings. The maximum atomic E-state index is 11.8. The van der Waals surface area contributed by atoms with Crippen LogP contribution < -0.4 is 16.9 Å². The number of ketones is 3. The number of methoxy groups -OCH3 is 3. The second kappa shape index (κ2) is 52.6. The van der Waals surface area contributed by atoms with E-state index in [4.69, 9.17) is 67.3 Å². The van der Waals surface area contributed by atoms with E-state index in [1.54, 1.807) is 23.5 Å². The van der Waals surface area contributed by atoms with Gasteiger partial charge in [0.2, 0.25) is 0 Å². The molecular formula is C107H109Br6Cl2N11O21S. The molecule has 12 N–H and O–H groups in total. The molecule has 2 aromatic heterocycles. The number of aromatic nitrogens is 3. The third-order valence-electron chi connectivity index (χ3n) is 25.8. The number of halogens is 8. The van der Waals surface area contributed by atoms with Crippen molar-refractivity contribution in [3.63, 3.8) is 0 Å². The molecule has 0 saturated heterocycles. The number of thiophene rings is 1. The molecule has 0 saturated carbocycles. The number of carboxylic acids is 1. The van der Waals surface area contributed by atoms with Crippen molar-refractivity contribution in [3.8, 4) is 5.00 Å². The summed E-state index contributed by atoms with van der Waals surface area (Å²) in [7, 11) is 3.81. The molecule has 9 atom stereocenters. The number of aliphatic carboxylic acids is 1. The first-order chi connectivity index (χ1) is 70.4. The summed E-state index contributed by atoms with van der Waals surface area (Å²) in [4.78, 5) is 100. The number of amides is 1. The van der Waals surface area contributed by atoms with E-state index < -0.39 is 47.9 Å². The van der Waals surface area contributed by atoms with Gasteiger partial charge in [0.25, 0.3) is 0 Å². The summed E-state index contributed by atoms with van der Waals surface area (Å²) in [5, 5.41) is 89.8. The maximum absolute atomic E-state index is 11.8. The van der Waals surface area contributed by atoms with Gasteiger partial charge in [0.05, 0.1) is 75.6 Å². The monoisotopic (exact) mass is 2460 g/mol. The molecule has 6 heterocycles. The van der Waals surface area contributed by atoms with Crippen molar-refractivity contribution in [1.82, 2.24) is 14.8 Å². The molecule has 1 amide bonds. The van der Waals surface area contributed by atoms with E-state index in [1.807, 2.05) is 172 Å². The summed E-state index contributed by atoms with van der Waals surface area (Å²) in [6, 6.07) is 53.6. The number of nitrogens with one attached hydrogen (secondary N) is 1. The highest BCUT2D eigenvalue weighted by molar-refractivity contribution is 9.11. The molecule has 11 aromatic rings. The molecule has 41 heteroatoms. The van der Waals surface area contributed by atoms with Crippen LogP contribution >= 0.6 is 131 Å². The van der Waals surface area contributed by atoms with Crippen LogP contribution in [0.2, 0.25) is 5.02 Å². The first-order valence-corrected chi connectivity index (χ1v) is 52.6. The largest absolute Gasteiger partial charge is 0.507 e. The number of anilines is 2. The number of oxime groups is 4. The van der Waals surface area contributed by atoms with Crippen LogP contribution in [0.15, 0.2) is 222 Å². The topological polar surface area (TPSA) is 482 Å². The molecule has 9 aromatic carbocycles. The van der Waals surface area contributed by atoms with Crippen molar-refractivity contribution in [1.29, 1.82) is 0 Å².